The SMILES string of the molecule is Cc1nc(-c2ccccc2)nc(C)c1O. The van der Waals surface area contributed by atoms with Crippen molar-refractivity contribution in [2.45, 2.75) is 13.8 Å². The van der Waals surface area contributed by atoms with E-state index in [1.807, 2.05) is 30.3 Å². The molecule has 1 heterocycles. The van der Waals surface area contributed by atoms with Gasteiger partial charge in [0.05, 0.1) is 11.4 Å². The van der Waals surface area contributed by atoms with Crippen LogP contribution in [-0.2, 0) is 0 Å². The fourth-order valence-corrected chi connectivity index (χ4v) is 1.43. The average molecular weight is 200 g/mol. The third-order valence-corrected chi connectivity index (χ3v) is 2.26. The lowest BCUT2D eigenvalue weighted by atomic mass is 10.2. The van der Waals surface area contributed by atoms with Gasteiger partial charge in [-0.15, -0.1) is 0 Å². The Morgan fingerprint density at radius 3 is 2.00 bits per heavy atom. The maximum Gasteiger partial charge on any atom is 0.159 e. The lowest BCUT2D eigenvalue weighted by Crippen LogP contribution is -1.95. The number of hydrogen-bond acceptors (Lipinski definition) is 3. The number of rotatable bonds is 1. The Kier molecular flexibility index (Phi) is 2.37. The Morgan fingerprint density at radius 1 is 0.933 bits per heavy atom. The first kappa shape index (κ1) is 9.65. The molecule has 0 amide bonds. The van der Waals surface area contributed by atoms with E-state index >= 15 is 0 Å². The van der Waals surface area contributed by atoms with E-state index in [1.165, 1.54) is 0 Å². The molecule has 0 spiro atoms. The van der Waals surface area contributed by atoms with Crippen LogP contribution < -0.4 is 0 Å². The van der Waals surface area contributed by atoms with Gasteiger partial charge in [-0.3, -0.25) is 0 Å². The number of aryl methyl sites for hydroxylation is 2. The van der Waals surface area contributed by atoms with E-state index in [0.29, 0.717) is 17.2 Å². The maximum absolute atomic E-state index is 9.55. The second kappa shape index (κ2) is 3.69. The second-order valence-corrected chi connectivity index (χ2v) is 3.43. The third kappa shape index (κ3) is 1.81. The normalized spacial score (nSPS) is 10.3. The molecule has 3 nitrogen and oxygen atoms in total. The van der Waals surface area contributed by atoms with Crippen LogP contribution in [0.15, 0.2) is 30.3 Å². The summed E-state index contributed by atoms with van der Waals surface area (Å²) in [5.74, 6) is 0.832. The van der Waals surface area contributed by atoms with Gasteiger partial charge in [0.1, 0.15) is 0 Å². The standard InChI is InChI=1S/C12H12N2O/c1-8-11(15)9(2)14-12(13-8)10-6-4-3-5-7-10/h3-7,15H,1-2H3. The molecule has 0 atom stereocenters. The van der Waals surface area contributed by atoms with Crippen LogP contribution in [0.5, 0.6) is 5.75 Å². The Labute approximate surface area is 88.5 Å². The summed E-state index contributed by atoms with van der Waals surface area (Å²) in [6.07, 6.45) is 0. The zero-order valence-electron chi connectivity index (χ0n) is 8.73. The summed E-state index contributed by atoms with van der Waals surface area (Å²) in [6.45, 7) is 3.55. The minimum absolute atomic E-state index is 0.176. The van der Waals surface area contributed by atoms with Crippen LogP contribution in [0.4, 0.5) is 0 Å². The first-order valence-electron chi connectivity index (χ1n) is 4.78. The van der Waals surface area contributed by atoms with Crippen LogP contribution in [0.3, 0.4) is 0 Å². The molecular weight excluding hydrogens is 188 g/mol. The van der Waals surface area contributed by atoms with Gasteiger partial charge in [-0.1, -0.05) is 30.3 Å². The van der Waals surface area contributed by atoms with E-state index in [2.05, 4.69) is 9.97 Å². The fourth-order valence-electron chi connectivity index (χ4n) is 1.43. The van der Waals surface area contributed by atoms with Gasteiger partial charge in [0.2, 0.25) is 0 Å². The predicted octanol–water partition coefficient (Wildman–Crippen LogP) is 2.47. The highest BCUT2D eigenvalue weighted by Gasteiger charge is 2.07. The molecule has 2 aromatic rings. The van der Waals surface area contributed by atoms with Crippen molar-refractivity contribution in [3.05, 3.63) is 41.7 Å². The molecule has 0 aliphatic carbocycles. The average Bonchev–Trinajstić information content (AvgIpc) is 2.26. The van der Waals surface area contributed by atoms with Crippen LogP contribution in [0.1, 0.15) is 11.4 Å². The van der Waals surface area contributed by atoms with E-state index in [1.54, 1.807) is 13.8 Å². The van der Waals surface area contributed by atoms with Crippen molar-refractivity contribution in [2.24, 2.45) is 0 Å². The van der Waals surface area contributed by atoms with Gasteiger partial charge in [-0.05, 0) is 13.8 Å². The van der Waals surface area contributed by atoms with Crippen molar-refractivity contribution in [1.82, 2.24) is 9.97 Å². The van der Waals surface area contributed by atoms with Crippen LogP contribution >= 0.6 is 0 Å². The van der Waals surface area contributed by atoms with Gasteiger partial charge in [0.15, 0.2) is 11.6 Å². The monoisotopic (exact) mass is 200 g/mol. The van der Waals surface area contributed by atoms with Gasteiger partial charge in [0.25, 0.3) is 0 Å². The largest absolute Gasteiger partial charge is 0.504 e. The van der Waals surface area contributed by atoms with E-state index in [9.17, 15) is 5.11 Å². The van der Waals surface area contributed by atoms with Crippen molar-refractivity contribution in [3.8, 4) is 17.1 Å². The number of benzene rings is 1. The third-order valence-electron chi connectivity index (χ3n) is 2.26. The highest BCUT2D eigenvalue weighted by atomic mass is 16.3. The molecule has 0 saturated heterocycles. The van der Waals surface area contributed by atoms with E-state index < -0.39 is 0 Å². The number of nitrogens with zero attached hydrogens (tertiary/aromatic N) is 2. The molecule has 0 radical (unpaired) electrons. The molecule has 0 bridgehead atoms. The van der Waals surface area contributed by atoms with Crippen molar-refractivity contribution in [3.63, 3.8) is 0 Å². The van der Waals surface area contributed by atoms with Crippen LogP contribution in [0.2, 0.25) is 0 Å². The molecule has 2 rings (SSSR count). The molecule has 76 valence electrons. The first-order chi connectivity index (χ1) is 7.18. The summed E-state index contributed by atoms with van der Waals surface area (Å²) in [7, 11) is 0. The topological polar surface area (TPSA) is 46.0 Å². The van der Waals surface area contributed by atoms with E-state index in [4.69, 9.17) is 0 Å². The summed E-state index contributed by atoms with van der Waals surface area (Å²) in [5.41, 5.74) is 2.19. The second-order valence-electron chi connectivity index (χ2n) is 3.43. The lowest BCUT2D eigenvalue weighted by Gasteiger charge is -2.05. The molecule has 1 aromatic carbocycles. The number of aromatic nitrogens is 2. The molecule has 0 aliphatic heterocycles. The maximum atomic E-state index is 9.55. The molecular formula is C12H12N2O. The quantitative estimate of drug-likeness (QED) is 0.769. The predicted molar refractivity (Wildman–Crippen MR) is 58.6 cm³/mol. The highest BCUT2D eigenvalue weighted by Crippen LogP contribution is 2.22. The minimum Gasteiger partial charge on any atom is -0.504 e. The Hall–Kier alpha value is -1.90. The zero-order valence-corrected chi connectivity index (χ0v) is 8.73. The molecule has 0 aliphatic rings. The van der Waals surface area contributed by atoms with E-state index in [0.717, 1.165) is 5.56 Å². The van der Waals surface area contributed by atoms with Gasteiger partial charge in [-0.25, -0.2) is 9.97 Å². The van der Waals surface area contributed by atoms with Crippen LogP contribution in [-0.4, -0.2) is 15.1 Å². The smallest absolute Gasteiger partial charge is 0.159 e. The molecule has 15 heavy (non-hydrogen) atoms. The Balaban J connectivity index is 2.56. The summed E-state index contributed by atoms with van der Waals surface area (Å²) in [6, 6.07) is 9.73. The number of hydrogen-bond donors (Lipinski definition) is 1. The van der Waals surface area contributed by atoms with Gasteiger partial charge in [-0.2, -0.15) is 0 Å². The van der Waals surface area contributed by atoms with Crippen molar-refractivity contribution < 1.29 is 5.11 Å². The molecule has 1 N–H and O–H groups in total. The van der Waals surface area contributed by atoms with E-state index in [-0.39, 0.29) is 5.75 Å². The molecule has 0 unspecified atom stereocenters. The van der Waals surface area contributed by atoms with Gasteiger partial charge < -0.3 is 5.11 Å². The van der Waals surface area contributed by atoms with Crippen molar-refractivity contribution in [2.75, 3.05) is 0 Å². The van der Waals surface area contributed by atoms with Gasteiger partial charge >= 0.3 is 0 Å². The lowest BCUT2D eigenvalue weighted by molar-refractivity contribution is 0.459. The number of aromatic hydroxyl groups is 1. The highest BCUT2D eigenvalue weighted by molar-refractivity contribution is 5.55. The summed E-state index contributed by atoms with van der Waals surface area (Å²) in [5, 5.41) is 9.55. The molecule has 0 saturated carbocycles. The fraction of sp³-hybridized carbons (Fsp3) is 0.167. The summed E-state index contributed by atoms with van der Waals surface area (Å²) < 4.78 is 0. The Bertz CT molecular complexity index is 457. The first-order valence-corrected chi connectivity index (χ1v) is 4.78. The van der Waals surface area contributed by atoms with Gasteiger partial charge in [0, 0.05) is 5.56 Å². The minimum atomic E-state index is 0.176. The summed E-state index contributed by atoms with van der Waals surface area (Å²) in [4.78, 5) is 8.49. The molecule has 1 aromatic heterocycles. The van der Waals surface area contributed by atoms with Crippen molar-refractivity contribution in [1.29, 1.82) is 0 Å². The Morgan fingerprint density at radius 2 is 1.47 bits per heavy atom. The molecule has 3 heteroatoms. The van der Waals surface area contributed by atoms with Crippen LogP contribution in [0, 0.1) is 13.8 Å². The van der Waals surface area contributed by atoms with Crippen molar-refractivity contribution >= 4 is 0 Å². The van der Waals surface area contributed by atoms with Crippen LogP contribution in [0.25, 0.3) is 11.4 Å². The molecule has 0 fully saturated rings. The summed E-state index contributed by atoms with van der Waals surface area (Å²) >= 11 is 0. The zero-order chi connectivity index (χ0) is 10.8.